The number of piperidine rings is 1. The van der Waals surface area contributed by atoms with Crippen molar-refractivity contribution in [3.63, 3.8) is 0 Å². The van der Waals surface area contributed by atoms with Crippen molar-refractivity contribution >= 4 is 39.7 Å². The number of anilines is 1. The Labute approximate surface area is 173 Å². The number of fused-ring (bicyclic) bond motifs is 1. The first kappa shape index (κ1) is 20.3. The van der Waals surface area contributed by atoms with Crippen LogP contribution in [0.2, 0.25) is 0 Å². The smallest absolute Gasteiger partial charge is 0.335 e. The van der Waals surface area contributed by atoms with Crippen molar-refractivity contribution in [1.29, 1.82) is 0 Å². The van der Waals surface area contributed by atoms with E-state index >= 15 is 0 Å². The van der Waals surface area contributed by atoms with Crippen molar-refractivity contribution in [3.05, 3.63) is 42.2 Å². The van der Waals surface area contributed by atoms with Crippen LogP contribution in [0.25, 0.3) is 21.2 Å². The first-order chi connectivity index (χ1) is 14.3. The maximum absolute atomic E-state index is 12.5. The molecule has 1 N–H and O–H groups in total. The summed E-state index contributed by atoms with van der Waals surface area (Å²) in [5.41, 5.74) is 2.76. The minimum absolute atomic E-state index is 0.0974. The Kier molecular flexibility index (Phi) is 5.42. The lowest BCUT2D eigenvalue weighted by Gasteiger charge is -2.31. The lowest BCUT2D eigenvalue weighted by atomic mass is 9.96. The molecule has 0 radical (unpaired) electrons. The highest BCUT2D eigenvalue weighted by Crippen LogP contribution is 2.28. The number of pyridine rings is 1. The average Bonchev–Trinajstić information content (AvgIpc) is 3.27. The van der Waals surface area contributed by atoms with Gasteiger partial charge in [-0.1, -0.05) is 12.1 Å². The third-order valence-corrected chi connectivity index (χ3v) is 5.91. The average molecular weight is 434 g/mol. The van der Waals surface area contributed by atoms with Gasteiger partial charge in [0, 0.05) is 36.8 Å². The number of carbonyl (C=O) groups excluding carboxylic acids is 2. The monoisotopic (exact) mass is 434 g/mol. The van der Waals surface area contributed by atoms with Gasteiger partial charge < -0.3 is 10.2 Å². The van der Waals surface area contributed by atoms with Crippen LogP contribution in [0.3, 0.4) is 0 Å². The molecule has 3 heterocycles. The number of benzene rings is 1. The highest BCUT2D eigenvalue weighted by molar-refractivity contribution is 7.13. The SMILES string of the molecule is O=C(Nc1cc2cc(-c3cncs3)ccc2cn1)C1CCN(C(=O)C(F)(F)F)CC1. The predicted molar refractivity (Wildman–Crippen MR) is 107 cm³/mol. The zero-order chi connectivity index (χ0) is 21.3. The van der Waals surface area contributed by atoms with Gasteiger partial charge in [0.15, 0.2) is 0 Å². The molecule has 2 amide bonds. The quantitative estimate of drug-likeness (QED) is 0.674. The van der Waals surface area contributed by atoms with Crippen LogP contribution in [-0.4, -0.2) is 45.9 Å². The van der Waals surface area contributed by atoms with Gasteiger partial charge in [-0.15, -0.1) is 11.3 Å². The van der Waals surface area contributed by atoms with Crippen LogP contribution in [0.1, 0.15) is 12.8 Å². The molecule has 0 unspecified atom stereocenters. The first-order valence-corrected chi connectivity index (χ1v) is 10.1. The van der Waals surface area contributed by atoms with E-state index in [0.717, 1.165) is 26.1 Å². The normalized spacial score (nSPS) is 15.4. The van der Waals surface area contributed by atoms with Gasteiger partial charge in [0.2, 0.25) is 5.91 Å². The van der Waals surface area contributed by atoms with E-state index < -0.39 is 18.0 Å². The Balaban J connectivity index is 1.43. The molecule has 156 valence electrons. The van der Waals surface area contributed by atoms with E-state index in [2.05, 4.69) is 15.3 Å². The molecule has 0 saturated carbocycles. The number of carbonyl (C=O) groups is 2. The molecule has 0 aliphatic carbocycles. The number of hydrogen-bond acceptors (Lipinski definition) is 5. The van der Waals surface area contributed by atoms with Gasteiger partial charge in [-0.3, -0.25) is 14.6 Å². The van der Waals surface area contributed by atoms with E-state index in [1.54, 1.807) is 24.0 Å². The number of likely N-dealkylation sites (tertiary alicyclic amines) is 1. The van der Waals surface area contributed by atoms with Crippen molar-refractivity contribution < 1.29 is 22.8 Å². The number of nitrogens with zero attached hydrogens (tertiary/aromatic N) is 3. The maximum Gasteiger partial charge on any atom is 0.471 e. The molecule has 30 heavy (non-hydrogen) atoms. The van der Waals surface area contributed by atoms with Crippen LogP contribution < -0.4 is 5.32 Å². The molecule has 0 spiro atoms. The summed E-state index contributed by atoms with van der Waals surface area (Å²) >= 11 is 1.53. The topological polar surface area (TPSA) is 75.2 Å². The molecule has 1 aliphatic heterocycles. The van der Waals surface area contributed by atoms with Crippen LogP contribution >= 0.6 is 11.3 Å². The predicted octanol–water partition coefficient (Wildman–Crippen LogP) is 4.10. The highest BCUT2D eigenvalue weighted by Gasteiger charge is 2.43. The number of nitrogens with one attached hydrogen (secondary N) is 1. The second kappa shape index (κ2) is 8.02. The fourth-order valence-corrected chi connectivity index (χ4v) is 4.09. The van der Waals surface area contributed by atoms with Crippen molar-refractivity contribution in [2.24, 2.45) is 5.92 Å². The number of alkyl halides is 3. The molecule has 1 fully saturated rings. The second-order valence-corrected chi connectivity index (χ2v) is 7.94. The molecule has 10 heteroatoms. The Morgan fingerprint density at radius 2 is 1.87 bits per heavy atom. The van der Waals surface area contributed by atoms with Gasteiger partial charge in [-0.05, 0) is 35.9 Å². The van der Waals surface area contributed by atoms with Crippen molar-refractivity contribution in [2.45, 2.75) is 19.0 Å². The first-order valence-electron chi connectivity index (χ1n) is 9.27. The minimum atomic E-state index is -4.89. The molecule has 2 aromatic heterocycles. The zero-order valence-corrected chi connectivity index (χ0v) is 16.5. The molecule has 1 saturated heterocycles. The van der Waals surface area contributed by atoms with Gasteiger partial charge in [-0.25, -0.2) is 4.98 Å². The summed E-state index contributed by atoms with van der Waals surface area (Å²) in [6, 6.07) is 7.67. The van der Waals surface area contributed by atoms with Crippen LogP contribution in [0, 0.1) is 5.92 Å². The van der Waals surface area contributed by atoms with Crippen molar-refractivity contribution in [3.8, 4) is 10.4 Å². The Hall–Kier alpha value is -3.01. The molecule has 6 nitrogen and oxygen atoms in total. The molecule has 0 bridgehead atoms. The summed E-state index contributed by atoms with van der Waals surface area (Å²) in [5, 5.41) is 4.56. The van der Waals surface area contributed by atoms with Crippen LogP contribution in [0.4, 0.5) is 19.0 Å². The van der Waals surface area contributed by atoms with E-state index in [9.17, 15) is 22.8 Å². The van der Waals surface area contributed by atoms with Gasteiger partial charge in [0.05, 0.1) is 10.4 Å². The fraction of sp³-hybridized carbons (Fsp3) is 0.300. The lowest BCUT2D eigenvalue weighted by Crippen LogP contribution is -2.46. The molecular formula is C20H17F3N4O2S. The number of amides is 2. The summed E-state index contributed by atoms with van der Waals surface area (Å²) in [6.07, 6.45) is -1.09. The van der Waals surface area contributed by atoms with E-state index in [1.807, 2.05) is 18.2 Å². The Bertz CT molecular complexity index is 1080. The van der Waals surface area contributed by atoms with E-state index in [0.29, 0.717) is 5.82 Å². The fourth-order valence-electron chi connectivity index (χ4n) is 3.47. The number of aromatic nitrogens is 2. The Morgan fingerprint density at radius 1 is 1.10 bits per heavy atom. The van der Waals surface area contributed by atoms with Gasteiger partial charge >= 0.3 is 12.1 Å². The minimum Gasteiger partial charge on any atom is -0.335 e. The molecule has 0 atom stereocenters. The molecule has 1 aromatic carbocycles. The molecule has 4 rings (SSSR count). The van der Waals surface area contributed by atoms with Crippen LogP contribution in [0.5, 0.6) is 0 Å². The largest absolute Gasteiger partial charge is 0.471 e. The maximum atomic E-state index is 12.5. The van der Waals surface area contributed by atoms with Gasteiger partial charge in [-0.2, -0.15) is 13.2 Å². The number of rotatable bonds is 3. The lowest BCUT2D eigenvalue weighted by molar-refractivity contribution is -0.186. The molecule has 1 aliphatic rings. The van der Waals surface area contributed by atoms with Crippen molar-refractivity contribution in [1.82, 2.24) is 14.9 Å². The standard InChI is InChI=1S/C20H17F3N4O2S/c21-20(22,23)19(29)27-5-3-12(4-6-27)18(28)26-17-8-15-7-13(16-10-24-11-30-16)1-2-14(15)9-25-17/h1-2,7-12H,3-6H2,(H,25,26,28). The number of thiazole rings is 1. The summed E-state index contributed by atoms with van der Waals surface area (Å²) in [4.78, 5) is 34.0. The summed E-state index contributed by atoms with van der Waals surface area (Å²) in [5.74, 6) is -2.25. The van der Waals surface area contributed by atoms with E-state index in [-0.39, 0.29) is 31.8 Å². The van der Waals surface area contributed by atoms with Gasteiger partial charge in [0.1, 0.15) is 5.82 Å². The zero-order valence-electron chi connectivity index (χ0n) is 15.6. The third kappa shape index (κ3) is 4.28. The van der Waals surface area contributed by atoms with Crippen LogP contribution in [-0.2, 0) is 9.59 Å². The van der Waals surface area contributed by atoms with Crippen molar-refractivity contribution in [2.75, 3.05) is 18.4 Å². The van der Waals surface area contributed by atoms with E-state index in [1.165, 1.54) is 11.3 Å². The number of hydrogen-bond donors (Lipinski definition) is 1. The summed E-state index contributed by atoms with van der Waals surface area (Å²) in [6.45, 7) is -0.195. The third-order valence-electron chi connectivity index (χ3n) is 5.09. The highest BCUT2D eigenvalue weighted by atomic mass is 32.1. The van der Waals surface area contributed by atoms with Crippen LogP contribution in [0.15, 0.2) is 42.2 Å². The van der Waals surface area contributed by atoms with Gasteiger partial charge in [0.25, 0.3) is 0 Å². The molecule has 3 aromatic rings. The Morgan fingerprint density at radius 3 is 2.53 bits per heavy atom. The summed E-state index contributed by atoms with van der Waals surface area (Å²) in [7, 11) is 0. The molecular weight excluding hydrogens is 417 g/mol. The number of halogens is 3. The van der Waals surface area contributed by atoms with E-state index in [4.69, 9.17) is 0 Å². The summed E-state index contributed by atoms with van der Waals surface area (Å²) < 4.78 is 37.6. The second-order valence-electron chi connectivity index (χ2n) is 7.05.